The van der Waals surface area contributed by atoms with Crippen LogP contribution in [0, 0.1) is 6.92 Å². The largest absolute Gasteiger partial charge is 0.358 e. The molecule has 2 heteroatoms. The molecular formula is C17H18N2. The maximum absolute atomic E-state index is 5.59. The van der Waals surface area contributed by atoms with Gasteiger partial charge in [-0.2, -0.15) is 0 Å². The van der Waals surface area contributed by atoms with Gasteiger partial charge in [-0.3, -0.25) is 0 Å². The van der Waals surface area contributed by atoms with Crippen LogP contribution in [0.25, 0.3) is 22.0 Å². The smallest absolute Gasteiger partial charge is 0.0462 e. The minimum absolute atomic E-state index is 0.700. The van der Waals surface area contributed by atoms with Crippen molar-refractivity contribution in [3.63, 3.8) is 0 Å². The number of rotatable bonds is 3. The van der Waals surface area contributed by atoms with E-state index >= 15 is 0 Å². The maximum Gasteiger partial charge on any atom is 0.0462 e. The van der Waals surface area contributed by atoms with Crippen molar-refractivity contribution in [1.29, 1.82) is 0 Å². The molecule has 0 aliphatic rings. The van der Waals surface area contributed by atoms with Gasteiger partial charge in [-0.15, -0.1) is 0 Å². The lowest BCUT2D eigenvalue weighted by molar-refractivity contribution is 0.969. The zero-order valence-corrected chi connectivity index (χ0v) is 11.1. The van der Waals surface area contributed by atoms with Crippen LogP contribution in [0.2, 0.25) is 0 Å². The molecule has 2 aromatic carbocycles. The average molecular weight is 250 g/mol. The molecular weight excluding hydrogens is 232 g/mol. The summed E-state index contributed by atoms with van der Waals surface area (Å²) < 4.78 is 0. The lowest BCUT2D eigenvalue weighted by Crippen LogP contribution is -2.02. The van der Waals surface area contributed by atoms with Gasteiger partial charge in [-0.25, -0.2) is 0 Å². The first-order chi connectivity index (χ1) is 9.29. The normalized spacial score (nSPS) is 11.1. The third kappa shape index (κ3) is 2.15. The van der Waals surface area contributed by atoms with E-state index in [0.29, 0.717) is 6.54 Å². The van der Waals surface area contributed by atoms with Gasteiger partial charge in [0.25, 0.3) is 0 Å². The minimum Gasteiger partial charge on any atom is -0.358 e. The van der Waals surface area contributed by atoms with E-state index < -0.39 is 0 Å². The molecule has 96 valence electrons. The van der Waals surface area contributed by atoms with Crippen molar-refractivity contribution >= 4 is 10.9 Å². The van der Waals surface area contributed by atoms with E-state index in [1.807, 2.05) is 0 Å². The summed E-state index contributed by atoms with van der Waals surface area (Å²) in [5, 5.41) is 1.28. The molecule has 0 bridgehead atoms. The van der Waals surface area contributed by atoms with E-state index in [9.17, 15) is 0 Å². The Hall–Kier alpha value is -2.06. The highest BCUT2D eigenvalue weighted by Crippen LogP contribution is 2.31. The highest BCUT2D eigenvalue weighted by molar-refractivity contribution is 5.97. The van der Waals surface area contributed by atoms with Crippen molar-refractivity contribution in [1.82, 2.24) is 4.98 Å². The quantitative estimate of drug-likeness (QED) is 0.732. The van der Waals surface area contributed by atoms with Crippen molar-refractivity contribution in [2.45, 2.75) is 13.3 Å². The van der Waals surface area contributed by atoms with Crippen LogP contribution in [0.5, 0.6) is 0 Å². The van der Waals surface area contributed by atoms with E-state index in [-0.39, 0.29) is 0 Å². The van der Waals surface area contributed by atoms with Crippen LogP contribution in [0.15, 0.2) is 48.5 Å². The van der Waals surface area contributed by atoms with Gasteiger partial charge in [-0.05, 0) is 37.1 Å². The number of aromatic nitrogens is 1. The topological polar surface area (TPSA) is 41.8 Å². The van der Waals surface area contributed by atoms with Crippen molar-refractivity contribution in [3.05, 3.63) is 59.8 Å². The molecule has 19 heavy (non-hydrogen) atoms. The first-order valence-corrected chi connectivity index (χ1v) is 6.66. The van der Waals surface area contributed by atoms with Crippen molar-refractivity contribution in [3.8, 4) is 11.1 Å². The van der Waals surface area contributed by atoms with Crippen molar-refractivity contribution in [2.75, 3.05) is 6.54 Å². The van der Waals surface area contributed by atoms with Gasteiger partial charge in [-0.1, -0.05) is 42.5 Å². The molecule has 0 atom stereocenters. The van der Waals surface area contributed by atoms with Crippen molar-refractivity contribution in [2.24, 2.45) is 5.73 Å². The number of fused-ring (bicyclic) bond motifs is 1. The molecule has 0 saturated carbocycles. The van der Waals surface area contributed by atoms with E-state index in [0.717, 1.165) is 6.42 Å². The van der Waals surface area contributed by atoms with Gasteiger partial charge in [0.15, 0.2) is 0 Å². The molecule has 0 amide bonds. The fourth-order valence-corrected chi connectivity index (χ4v) is 2.65. The second-order valence-corrected chi connectivity index (χ2v) is 4.91. The Bertz CT molecular complexity index is 693. The molecule has 3 aromatic rings. The maximum atomic E-state index is 5.59. The summed E-state index contributed by atoms with van der Waals surface area (Å²) in [6, 6.07) is 17.2. The number of hydrogen-bond acceptors (Lipinski definition) is 1. The molecule has 0 fully saturated rings. The first-order valence-electron chi connectivity index (χ1n) is 6.66. The Morgan fingerprint density at radius 3 is 2.47 bits per heavy atom. The fraction of sp³-hybridized carbons (Fsp3) is 0.176. The average Bonchev–Trinajstić information content (AvgIpc) is 2.76. The Labute approximate surface area is 113 Å². The number of benzene rings is 2. The lowest BCUT2D eigenvalue weighted by atomic mass is 10.0. The number of hydrogen-bond donors (Lipinski definition) is 2. The summed E-state index contributed by atoms with van der Waals surface area (Å²) in [5.74, 6) is 0. The predicted molar refractivity (Wildman–Crippen MR) is 81.2 cm³/mol. The zero-order valence-electron chi connectivity index (χ0n) is 11.1. The number of nitrogens with two attached hydrogens (primary N) is 1. The number of aryl methyl sites for hydroxylation is 1. The minimum atomic E-state index is 0.700. The van der Waals surface area contributed by atoms with Crippen molar-refractivity contribution < 1.29 is 0 Å². The third-order valence-electron chi connectivity index (χ3n) is 3.57. The molecule has 3 N–H and O–H groups in total. The van der Waals surface area contributed by atoms with Crippen LogP contribution in [0.1, 0.15) is 11.3 Å². The molecule has 0 saturated heterocycles. The lowest BCUT2D eigenvalue weighted by Gasteiger charge is -2.04. The summed E-state index contributed by atoms with van der Waals surface area (Å²) in [5.41, 5.74) is 11.9. The van der Waals surface area contributed by atoms with Gasteiger partial charge in [0, 0.05) is 22.2 Å². The SMILES string of the molecule is Cc1[nH]c2ccccc2c1-c1ccc(CCN)cc1. The number of para-hydroxylation sites is 1. The van der Waals surface area contributed by atoms with Gasteiger partial charge in [0.05, 0.1) is 0 Å². The first kappa shape index (κ1) is 12.0. The molecule has 1 aromatic heterocycles. The van der Waals surface area contributed by atoms with E-state index in [1.54, 1.807) is 0 Å². The predicted octanol–water partition coefficient (Wildman–Crippen LogP) is 3.64. The van der Waals surface area contributed by atoms with Crippen LogP contribution in [0.4, 0.5) is 0 Å². The summed E-state index contributed by atoms with van der Waals surface area (Å²) in [6.07, 6.45) is 0.938. The van der Waals surface area contributed by atoms with E-state index in [1.165, 1.54) is 33.3 Å². The monoisotopic (exact) mass is 250 g/mol. The number of aromatic amines is 1. The summed E-state index contributed by atoms with van der Waals surface area (Å²) in [6.45, 7) is 2.83. The van der Waals surface area contributed by atoms with Gasteiger partial charge >= 0.3 is 0 Å². The number of nitrogens with one attached hydrogen (secondary N) is 1. The standard InChI is InChI=1S/C17H18N2/c1-12-17(15-4-2-3-5-16(15)19-12)14-8-6-13(7-9-14)10-11-18/h2-9,19H,10-11,18H2,1H3. The Morgan fingerprint density at radius 1 is 1.00 bits per heavy atom. The van der Waals surface area contributed by atoms with Crippen LogP contribution in [0.3, 0.4) is 0 Å². The Balaban J connectivity index is 2.10. The molecule has 0 radical (unpaired) electrons. The van der Waals surface area contributed by atoms with Gasteiger partial charge in [0.2, 0.25) is 0 Å². The molecule has 0 unspecified atom stereocenters. The third-order valence-corrected chi connectivity index (χ3v) is 3.57. The molecule has 0 aliphatic heterocycles. The Kier molecular flexibility index (Phi) is 3.10. The summed E-state index contributed by atoms with van der Waals surface area (Å²) in [7, 11) is 0. The van der Waals surface area contributed by atoms with Crippen LogP contribution >= 0.6 is 0 Å². The molecule has 1 heterocycles. The number of H-pyrrole nitrogens is 1. The highest BCUT2D eigenvalue weighted by atomic mass is 14.7. The summed E-state index contributed by atoms with van der Waals surface area (Å²) >= 11 is 0. The second kappa shape index (κ2) is 4.90. The molecule has 0 aliphatic carbocycles. The fourth-order valence-electron chi connectivity index (χ4n) is 2.65. The van der Waals surface area contributed by atoms with Crippen LogP contribution in [-0.2, 0) is 6.42 Å². The zero-order chi connectivity index (χ0) is 13.2. The molecule has 0 spiro atoms. The Morgan fingerprint density at radius 2 is 1.74 bits per heavy atom. The van der Waals surface area contributed by atoms with Gasteiger partial charge in [0.1, 0.15) is 0 Å². The highest BCUT2D eigenvalue weighted by Gasteiger charge is 2.09. The summed E-state index contributed by atoms with van der Waals surface area (Å²) in [4.78, 5) is 3.45. The van der Waals surface area contributed by atoms with Crippen LogP contribution in [-0.4, -0.2) is 11.5 Å². The van der Waals surface area contributed by atoms with Gasteiger partial charge < -0.3 is 10.7 Å². The van der Waals surface area contributed by atoms with E-state index in [2.05, 4.69) is 60.4 Å². The van der Waals surface area contributed by atoms with E-state index in [4.69, 9.17) is 5.73 Å². The molecule has 2 nitrogen and oxygen atoms in total. The van der Waals surface area contributed by atoms with Crippen LogP contribution < -0.4 is 5.73 Å². The molecule has 3 rings (SSSR count). The second-order valence-electron chi connectivity index (χ2n) is 4.91.